The molecule has 0 atom stereocenters. The summed E-state index contributed by atoms with van der Waals surface area (Å²) in [6.45, 7) is 3.44. The van der Waals surface area contributed by atoms with Crippen LogP contribution in [0, 0.1) is 19.7 Å². The number of hydrogen-bond acceptors (Lipinski definition) is 2. The molecule has 0 aliphatic rings. The number of carbonyl (C=O) groups is 1. The molecule has 1 amide bonds. The summed E-state index contributed by atoms with van der Waals surface area (Å²) in [5.74, 6) is -0.723. The van der Waals surface area contributed by atoms with Crippen LogP contribution in [0.15, 0.2) is 36.4 Å². The number of anilines is 1. The summed E-state index contributed by atoms with van der Waals surface area (Å²) < 4.78 is 13.2. The molecular weight excluding hydrogens is 245 g/mol. The van der Waals surface area contributed by atoms with Crippen LogP contribution in [0.1, 0.15) is 21.5 Å². The maximum absolute atomic E-state index is 13.2. The molecule has 3 nitrogen and oxygen atoms in total. The highest BCUT2D eigenvalue weighted by Gasteiger charge is 2.12. The van der Waals surface area contributed by atoms with Crippen LogP contribution in [0.25, 0.3) is 0 Å². The minimum Gasteiger partial charge on any atom is -0.508 e. The number of amides is 1. The third kappa shape index (κ3) is 2.73. The Morgan fingerprint density at radius 1 is 1.21 bits per heavy atom. The monoisotopic (exact) mass is 259 g/mol. The molecule has 0 saturated carbocycles. The van der Waals surface area contributed by atoms with Gasteiger partial charge in [-0.3, -0.25) is 4.79 Å². The summed E-state index contributed by atoms with van der Waals surface area (Å²) in [5.41, 5.74) is 2.05. The van der Waals surface area contributed by atoms with Crippen molar-refractivity contribution in [2.24, 2.45) is 0 Å². The summed E-state index contributed by atoms with van der Waals surface area (Å²) in [5, 5.41) is 12.2. The zero-order valence-corrected chi connectivity index (χ0v) is 10.7. The fourth-order valence-corrected chi connectivity index (χ4v) is 1.79. The third-order valence-corrected chi connectivity index (χ3v) is 3.00. The normalized spacial score (nSPS) is 10.3. The summed E-state index contributed by atoms with van der Waals surface area (Å²) >= 11 is 0. The predicted octanol–water partition coefficient (Wildman–Crippen LogP) is 3.40. The Balaban J connectivity index is 2.31. The van der Waals surface area contributed by atoms with Gasteiger partial charge in [-0.1, -0.05) is 12.1 Å². The Morgan fingerprint density at radius 2 is 1.95 bits per heavy atom. The van der Waals surface area contributed by atoms with E-state index in [9.17, 15) is 14.3 Å². The quantitative estimate of drug-likeness (QED) is 0.868. The highest BCUT2D eigenvalue weighted by Crippen LogP contribution is 2.22. The summed E-state index contributed by atoms with van der Waals surface area (Å²) in [6, 6.07) is 8.92. The second kappa shape index (κ2) is 5.10. The molecule has 0 aliphatic heterocycles. The standard InChI is InChI=1S/C15H14FNO2/c1-9-6-7-11(16)8-13(9)17-15(19)12-4-3-5-14(18)10(12)2/h3-8,18H,1-2H3,(H,17,19). The predicted molar refractivity (Wildman–Crippen MR) is 71.9 cm³/mol. The van der Waals surface area contributed by atoms with E-state index < -0.39 is 5.82 Å². The summed E-state index contributed by atoms with van der Waals surface area (Å²) in [7, 11) is 0. The fourth-order valence-electron chi connectivity index (χ4n) is 1.79. The highest BCUT2D eigenvalue weighted by molar-refractivity contribution is 6.06. The minimum atomic E-state index is -0.409. The number of aromatic hydroxyl groups is 1. The lowest BCUT2D eigenvalue weighted by Crippen LogP contribution is -2.14. The molecule has 2 aromatic rings. The number of carbonyl (C=O) groups excluding carboxylic acids is 1. The number of aryl methyl sites for hydroxylation is 1. The van der Waals surface area contributed by atoms with Crippen LogP contribution in [-0.2, 0) is 0 Å². The van der Waals surface area contributed by atoms with Crippen LogP contribution >= 0.6 is 0 Å². The number of halogens is 1. The minimum absolute atomic E-state index is 0.0589. The van der Waals surface area contributed by atoms with Crippen LogP contribution < -0.4 is 5.32 Å². The average molecular weight is 259 g/mol. The number of benzene rings is 2. The van der Waals surface area contributed by atoms with Crippen molar-refractivity contribution in [3.05, 3.63) is 58.9 Å². The van der Waals surface area contributed by atoms with Gasteiger partial charge in [0.1, 0.15) is 11.6 Å². The van der Waals surface area contributed by atoms with Crippen molar-refractivity contribution in [1.29, 1.82) is 0 Å². The van der Waals surface area contributed by atoms with Gasteiger partial charge in [0.25, 0.3) is 5.91 Å². The first-order valence-corrected chi connectivity index (χ1v) is 5.85. The second-order valence-corrected chi connectivity index (χ2v) is 4.36. The first kappa shape index (κ1) is 13.1. The Bertz CT molecular complexity index is 638. The van der Waals surface area contributed by atoms with Crippen molar-refractivity contribution in [3.63, 3.8) is 0 Å². The van der Waals surface area contributed by atoms with Crippen molar-refractivity contribution in [2.75, 3.05) is 5.32 Å². The van der Waals surface area contributed by atoms with E-state index in [0.717, 1.165) is 5.56 Å². The zero-order valence-electron chi connectivity index (χ0n) is 10.7. The summed E-state index contributed by atoms with van der Waals surface area (Å²) in [6.07, 6.45) is 0. The lowest BCUT2D eigenvalue weighted by molar-refractivity contribution is 0.102. The van der Waals surface area contributed by atoms with Crippen LogP contribution in [0.3, 0.4) is 0 Å². The lowest BCUT2D eigenvalue weighted by atomic mass is 10.1. The molecule has 0 bridgehead atoms. The van der Waals surface area contributed by atoms with E-state index in [-0.39, 0.29) is 11.7 Å². The SMILES string of the molecule is Cc1ccc(F)cc1NC(=O)c1cccc(O)c1C. The van der Waals surface area contributed by atoms with Crippen molar-refractivity contribution in [3.8, 4) is 5.75 Å². The van der Waals surface area contributed by atoms with Gasteiger partial charge in [0.2, 0.25) is 0 Å². The van der Waals surface area contributed by atoms with E-state index in [1.165, 1.54) is 18.2 Å². The lowest BCUT2D eigenvalue weighted by Gasteiger charge is -2.10. The Labute approximate surface area is 110 Å². The Morgan fingerprint density at radius 3 is 2.68 bits per heavy atom. The van der Waals surface area contributed by atoms with E-state index in [4.69, 9.17) is 0 Å². The molecule has 2 N–H and O–H groups in total. The molecule has 2 aromatic carbocycles. The molecule has 0 aromatic heterocycles. The van der Waals surface area contributed by atoms with E-state index in [0.29, 0.717) is 16.8 Å². The number of hydrogen-bond donors (Lipinski definition) is 2. The number of nitrogens with one attached hydrogen (secondary N) is 1. The van der Waals surface area contributed by atoms with Gasteiger partial charge in [-0.2, -0.15) is 0 Å². The van der Waals surface area contributed by atoms with Gasteiger partial charge in [0.15, 0.2) is 0 Å². The van der Waals surface area contributed by atoms with Gasteiger partial charge in [0, 0.05) is 16.8 Å². The zero-order chi connectivity index (χ0) is 14.0. The van der Waals surface area contributed by atoms with Gasteiger partial charge < -0.3 is 10.4 Å². The summed E-state index contributed by atoms with van der Waals surface area (Å²) in [4.78, 5) is 12.1. The number of rotatable bonds is 2. The topological polar surface area (TPSA) is 49.3 Å². The van der Waals surface area contributed by atoms with E-state index in [2.05, 4.69) is 5.32 Å². The Kier molecular flexibility index (Phi) is 3.51. The van der Waals surface area contributed by atoms with Crippen LogP contribution in [0.4, 0.5) is 10.1 Å². The molecule has 0 fully saturated rings. The van der Waals surface area contributed by atoms with Gasteiger partial charge in [-0.15, -0.1) is 0 Å². The Hall–Kier alpha value is -2.36. The second-order valence-electron chi connectivity index (χ2n) is 4.36. The maximum atomic E-state index is 13.2. The van der Waals surface area contributed by atoms with Crippen molar-refractivity contribution < 1.29 is 14.3 Å². The van der Waals surface area contributed by atoms with Crippen LogP contribution in [-0.4, -0.2) is 11.0 Å². The van der Waals surface area contributed by atoms with Gasteiger partial charge in [-0.25, -0.2) is 4.39 Å². The molecule has 98 valence electrons. The van der Waals surface area contributed by atoms with E-state index in [1.807, 2.05) is 0 Å². The van der Waals surface area contributed by atoms with Gasteiger partial charge in [0.05, 0.1) is 0 Å². The van der Waals surface area contributed by atoms with Crippen molar-refractivity contribution in [2.45, 2.75) is 13.8 Å². The average Bonchev–Trinajstić information content (AvgIpc) is 2.37. The fraction of sp³-hybridized carbons (Fsp3) is 0.133. The number of phenolic OH excluding ortho intramolecular Hbond substituents is 1. The first-order valence-electron chi connectivity index (χ1n) is 5.85. The van der Waals surface area contributed by atoms with Crippen molar-refractivity contribution in [1.82, 2.24) is 0 Å². The first-order chi connectivity index (χ1) is 8.99. The molecule has 0 aliphatic carbocycles. The smallest absolute Gasteiger partial charge is 0.256 e. The van der Waals surface area contributed by atoms with Crippen LogP contribution in [0.2, 0.25) is 0 Å². The van der Waals surface area contributed by atoms with Gasteiger partial charge >= 0.3 is 0 Å². The molecule has 0 spiro atoms. The van der Waals surface area contributed by atoms with Gasteiger partial charge in [-0.05, 0) is 43.7 Å². The van der Waals surface area contributed by atoms with Crippen molar-refractivity contribution >= 4 is 11.6 Å². The van der Waals surface area contributed by atoms with E-state index in [1.54, 1.807) is 32.0 Å². The molecule has 4 heteroatoms. The largest absolute Gasteiger partial charge is 0.508 e. The maximum Gasteiger partial charge on any atom is 0.256 e. The highest BCUT2D eigenvalue weighted by atomic mass is 19.1. The van der Waals surface area contributed by atoms with E-state index >= 15 is 0 Å². The molecule has 0 heterocycles. The third-order valence-electron chi connectivity index (χ3n) is 3.00. The molecule has 0 unspecified atom stereocenters. The molecule has 0 radical (unpaired) electrons. The number of phenols is 1. The molecule has 2 rings (SSSR count). The van der Waals surface area contributed by atoms with Crippen LogP contribution in [0.5, 0.6) is 5.75 Å². The molecule has 19 heavy (non-hydrogen) atoms. The molecular formula is C15H14FNO2. The molecule has 0 saturated heterocycles.